The van der Waals surface area contributed by atoms with Crippen LogP contribution in [0.4, 0.5) is 16.2 Å². The molecule has 2 aliphatic heterocycles. The van der Waals surface area contributed by atoms with Crippen LogP contribution in [0.2, 0.25) is 0 Å². The maximum absolute atomic E-state index is 12.9. The molecule has 2 aromatic rings. The van der Waals surface area contributed by atoms with Gasteiger partial charge in [-0.05, 0) is 106 Å². The third kappa shape index (κ3) is 6.49. The molecule has 0 unspecified atom stereocenters. The molecular formula is C24H23I2N3O5S. The first-order valence-electron chi connectivity index (χ1n) is 11.0. The Labute approximate surface area is 235 Å². The van der Waals surface area contributed by atoms with Crippen LogP contribution in [0.1, 0.15) is 12.5 Å². The summed E-state index contributed by atoms with van der Waals surface area (Å²) in [6.07, 6.45) is 1.66. The average molecular weight is 719 g/mol. The van der Waals surface area contributed by atoms with Gasteiger partial charge in [0.1, 0.15) is 12.3 Å². The van der Waals surface area contributed by atoms with E-state index < -0.39 is 17.1 Å². The molecular weight excluding hydrogens is 696 g/mol. The summed E-state index contributed by atoms with van der Waals surface area (Å²) >= 11 is 5.21. The Bertz CT molecular complexity index is 1170. The highest BCUT2D eigenvalue weighted by Gasteiger charge is 2.36. The molecule has 0 atom stereocenters. The van der Waals surface area contributed by atoms with Gasteiger partial charge in [0.25, 0.3) is 11.1 Å². The Balaban J connectivity index is 1.42. The molecule has 0 bridgehead atoms. The molecule has 0 saturated carbocycles. The lowest BCUT2D eigenvalue weighted by atomic mass is 10.2. The zero-order chi connectivity index (χ0) is 24.9. The normalized spacial score (nSPS) is 17.3. The number of thioether (sulfide) groups is 1. The predicted molar refractivity (Wildman–Crippen MR) is 154 cm³/mol. The van der Waals surface area contributed by atoms with Gasteiger partial charge in [-0.2, -0.15) is 0 Å². The fourth-order valence-electron chi connectivity index (χ4n) is 3.68. The number of ether oxygens (including phenoxy) is 2. The summed E-state index contributed by atoms with van der Waals surface area (Å²) in [5.74, 6) is -0.265. The number of hydrogen-bond donors (Lipinski definition) is 1. The molecule has 2 aromatic carbocycles. The van der Waals surface area contributed by atoms with Gasteiger partial charge in [0.2, 0.25) is 5.91 Å². The SMILES string of the molecule is CCOc1c(I)cc(I)cc1/C=C1/SC(=O)N(CC(=O)Nc2ccc(N3CCOCC3)cc2)C1=O. The van der Waals surface area contributed by atoms with Crippen LogP contribution >= 0.6 is 56.9 Å². The molecule has 2 aliphatic rings. The van der Waals surface area contributed by atoms with Crippen LogP contribution in [0, 0.1) is 7.14 Å². The Morgan fingerprint density at radius 1 is 1.17 bits per heavy atom. The minimum Gasteiger partial charge on any atom is -0.492 e. The van der Waals surface area contributed by atoms with Gasteiger partial charge < -0.3 is 19.7 Å². The van der Waals surface area contributed by atoms with Crippen LogP contribution in [0.15, 0.2) is 41.3 Å². The van der Waals surface area contributed by atoms with Crippen LogP contribution in [0.5, 0.6) is 5.75 Å². The van der Waals surface area contributed by atoms with E-state index in [2.05, 4.69) is 55.4 Å². The maximum Gasteiger partial charge on any atom is 0.294 e. The lowest BCUT2D eigenvalue weighted by molar-refractivity contribution is -0.127. The first-order valence-corrected chi connectivity index (χ1v) is 13.9. The monoisotopic (exact) mass is 719 g/mol. The van der Waals surface area contributed by atoms with E-state index in [0.29, 0.717) is 31.3 Å². The van der Waals surface area contributed by atoms with E-state index in [4.69, 9.17) is 9.47 Å². The number of amides is 3. The van der Waals surface area contributed by atoms with Crippen LogP contribution in [0.25, 0.3) is 6.08 Å². The lowest BCUT2D eigenvalue weighted by Gasteiger charge is -2.28. The van der Waals surface area contributed by atoms with E-state index in [0.717, 1.165) is 48.1 Å². The van der Waals surface area contributed by atoms with E-state index in [1.165, 1.54) is 0 Å². The number of morpholine rings is 1. The second kappa shape index (κ2) is 11.9. The van der Waals surface area contributed by atoms with Gasteiger partial charge >= 0.3 is 0 Å². The third-order valence-corrected chi connectivity index (χ3v) is 7.65. The molecule has 0 aliphatic carbocycles. The number of nitrogens with zero attached hydrogens (tertiary/aromatic N) is 2. The molecule has 0 radical (unpaired) electrons. The largest absolute Gasteiger partial charge is 0.492 e. The average Bonchev–Trinajstić information content (AvgIpc) is 3.09. The van der Waals surface area contributed by atoms with E-state index in [1.54, 1.807) is 6.08 Å². The van der Waals surface area contributed by atoms with Crippen molar-refractivity contribution in [2.24, 2.45) is 0 Å². The zero-order valence-electron chi connectivity index (χ0n) is 18.9. The van der Waals surface area contributed by atoms with Crippen molar-refractivity contribution in [3.05, 3.63) is 54.0 Å². The highest BCUT2D eigenvalue weighted by Crippen LogP contribution is 2.36. The molecule has 2 heterocycles. The summed E-state index contributed by atoms with van der Waals surface area (Å²) in [6.45, 7) is 5.06. The summed E-state index contributed by atoms with van der Waals surface area (Å²) in [6, 6.07) is 11.4. The van der Waals surface area contributed by atoms with Gasteiger partial charge in [0.05, 0.1) is 28.3 Å². The van der Waals surface area contributed by atoms with Crippen molar-refractivity contribution >= 4 is 91.4 Å². The van der Waals surface area contributed by atoms with Crippen molar-refractivity contribution < 1.29 is 23.9 Å². The van der Waals surface area contributed by atoms with Gasteiger partial charge in [-0.25, -0.2) is 0 Å². The summed E-state index contributed by atoms with van der Waals surface area (Å²) in [5, 5.41) is 2.29. The third-order valence-electron chi connectivity index (χ3n) is 5.31. The van der Waals surface area contributed by atoms with Crippen LogP contribution in [-0.4, -0.2) is 61.4 Å². The molecule has 8 nitrogen and oxygen atoms in total. The first-order chi connectivity index (χ1) is 16.9. The number of anilines is 2. The van der Waals surface area contributed by atoms with Gasteiger partial charge in [-0.15, -0.1) is 0 Å². The fourth-order valence-corrected chi connectivity index (χ4v) is 6.56. The molecule has 11 heteroatoms. The predicted octanol–water partition coefficient (Wildman–Crippen LogP) is 4.81. The zero-order valence-corrected chi connectivity index (χ0v) is 24.0. The number of nitrogens with one attached hydrogen (secondary N) is 1. The van der Waals surface area contributed by atoms with Gasteiger partial charge in [0.15, 0.2) is 0 Å². The van der Waals surface area contributed by atoms with Crippen LogP contribution in [-0.2, 0) is 14.3 Å². The Kier molecular flexibility index (Phi) is 8.94. The minimum atomic E-state index is -0.492. The molecule has 4 rings (SSSR count). The highest BCUT2D eigenvalue weighted by molar-refractivity contribution is 14.1. The molecule has 2 fully saturated rings. The number of carbonyl (C=O) groups excluding carboxylic acids is 3. The molecule has 1 N–H and O–H groups in total. The van der Waals surface area contributed by atoms with Crippen LogP contribution in [0.3, 0.4) is 0 Å². The van der Waals surface area contributed by atoms with Gasteiger partial charge in [-0.1, -0.05) is 0 Å². The second-order valence-corrected chi connectivity index (χ2v) is 11.1. The number of imide groups is 1. The molecule has 35 heavy (non-hydrogen) atoms. The number of hydrogen-bond acceptors (Lipinski definition) is 7. The van der Waals surface area contributed by atoms with Gasteiger partial charge in [-0.3, -0.25) is 19.3 Å². The van der Waals surface area contributed by atoms with E-state index >= 15 is 0 Å². The summed E-state index contributed by atoms with van der Waals surface area (Å²) in [4.78, 5) is 41.5. The Morgan fingerprint density at radius 2 is 1.89 bits per heavy atom. The van der Waals surface area contributed by atoms with E-state index in [-0.39, 0.29) is 11.4 Å². The number of benzene rings is 2. The maximum atomic E-state index is 12.9. The van der Waals surface area contributed by atoms with Crippen molar-refractivity contribution in [3.8, 4) is 5.75 Å². The summed E-state index contributed by atoms with van der Waals surface area (Å²) < 4.78 is 13.0. The van der Waals surface area contributed by atoms with Crippen molar-refractivity contribution in [2.75, 3.05) is 49.7 Å². The molecule has 184 valence electrons. The van der Waals surface area contributed by atoms with E-state index in [9.17, 15) is 14.4 Å². The number of rotatable bonds is 7. The highest BCUT2D eigenvalue weighted by atomic mass is 127. The Hall–Kier alpha value is -1.84. The van der Waals surface area contributed by atoms with Crippen molar-refractivity contribution in [2.45, 2.75) is 6.92 Å². The molecule has 0 spiro atoms. The number of carbonyl (C=O) groups is 3. The van der Waals surface area contributed by atoms with E-state index in [1.807, 2.05) is 43.3 Å². The summed E-state index contributed by atoms with van der Waals surface area (Å²) in [5.41, 5.74) is 2.38. The van der Waals surface area contributed by atoms with Crippen LogP contribution < -0.4 is 15.0 Å². The van der Waals surface area contributed by atoms with Crippen molar-refractivity contribution in [3.63, 3.8) is 0 Å². The second-order valence-electron chi connectivity index (χ2n) is 7.70. The van der Waals surface area contributed by atoms with Crippen molar-refractivity contribution in [1.29, 1.82) is 0 Å². The molecule has 2 saturated heterocycles. The molecule has 3 amide bonds. The smallest absolute Gasteiger partial charge is 0.294 e. The Morgan fingerprint density at radius 3 is 2.57 bits per heavy atom. The lowest BCUT2D eigenvalue weighted by Crippen LogP contribution is -2.36. The summed E-state index contributed by atoms with van der Waals surface area (Å²) in [7, 11) is 0. The minimum absolute atomic E-state index is 0.261. The number of halogens is 2. The molecule has 0 aromatic heterocycles. The van der Waals surface area contributed by atoms with Gasteiger partial charge in [0, 0.05) is 33.6 Å². The quantitative estimate of drug-likeness (QED) is 0.325. The fraction of sp³-hybridized carbons (Fsp3) is 0.292. The standard InChI is InChI=1S/C24H23I2N3O5S/c1-2-34-22-15(11-16(25)13-19(22)26)12-20-23(31)29(24(32)35-20)14-21(30)27-17-3-5-18(6-4-17)28-7-9-33-10-8-28/h3-6,11-13H,2,7-10,14H2,1H3,(H,27,30)/b20-12+. The van der Waals surface area contributed by atoms with Crippen molar-refractivity contribution in [1.82, 2.24) is 4.90 Å². The first kappa shape index (κ1) is 26.2. The topological polar surface area (TPSA) is 88.2 Å².